The number of hydrogen-bond acceptors (Lipinski definition) is 5. The van der Waals surface area contributed by atoms with Crippen LogP contribution in [0.3, 0.4) is 0 Å². The van der Waals surface area contributed by atoms with E-state index >= 15 is 0 Å². The van der Waals surface area contributed by atoms with Crippen LogP contribution in [0.2, 0.25) is 0 Å². The average molecular weight is 234 g/mol. The number of aryl methyl sites for hydroxylation is 1. The highest BCUT2D eigenvalue weighted by Crippen LogP contribution is 2.10. The van der Waals surface area contributed by atoms with Gasteiger partial charge in [-0.2, -0.15) is 0 Å². The molecular weight excluding hydrogens is 216 g/mol. The van der Waals surface area contributed by atoms with Gasteiger partial charge >= 0.3 is 0 Å². The van der Waals surface area contributed by atoms with Gasteiger partial charge in [-0.1, -0.05) is 0 Å². The Morgan fingerprint density at radius 3 is 2.35 bits per heavy atom. The third-order valence-electron chi connectivity index (χ3n) is 2.87. The number of rotatable bonds is 3. The molecule has 0 bridgehead atoms. The number of piperazine rings is 1. The van der Waals surface area contributed by atoms with Crippen LogP contribution in [0.1, 0.15) is 12.5 Å². The quantitative estimate of drug-likeness (QED) is 0.762. The predicted molar refractivity (Wildman–Crippen MR) is 66.1 cm³/mol. The zero-order chi connectivity index (χ0) is 12.3. The number of aromatic nitrogens is 2. The number of nitrogens with zero attached hydrogens (tertiary/aromatic N) is 4. The van der Waals surface area contributed by atoms with E-state index in [1.54, 1.807) is 6.92 Å². The van der Waals surface area contributed by atoms with Crippen molar-refractivity contribution >= 4 is 11.7 Å². The van der Waals surface area contributed by atoms with Gasteiger partial charge in [0, 0.05) is 38.6 Å². The second-order valence-corrected chi connectivity index (χ2v) is 4.53. The van der Waals surface area contributed by atoms with E-state index in [0.29, 0.717) is 6.54 Å². The van der Waals surface area contributed by atoms with Crippen molar-refractivity contribution in [1.29, 1.82) is 0 Å². The molecule has 0 radical (unpaired) electrons. The summed E-state index contributed by atoms with van der Waals surface area (Å²) in [7, 11) is 0. The third-order valence-corrected chi connectivity index (χ3v) is 2.87. The summed E-state index contributed by atoms with van der Waals surface area (Å²) in [5.74, 6) is 1.02. The van der Waals surface area contributed by atoms with E-state index in [4.69, 9.17) is 0 Å². The average Bonchev–Trinajstić information content (AvgIpc) is 2.30. The zero-order valence-corrected chi connectivity index (χ0v) is 10.4. The maximum atomic E-state index is 11.0. The van der Waals surface area contributed by atoms with Gasteiger partial charge in [-0.25, -0.2) is 9.97 Å². The van der Waals surface area contributed by atoms with Crippen LogP contribution in [0.4, 0.5) is 5.95 Å². The molecule has 0 aliphatic carbocycles. The molecule has 1 aliphatic heterocycles. The highest BCUT2D eigenvalue weighted by Gasteiger charge is 2.19. The fraction of sp³-hybridized carbons (Fsp3) is 0.583. The highest BCUT2D eigenvalue weighted by atomic mass is 16.1. The maximum Gasteiger partial charge on any atom is 0.225 e. The molecule has 5 nitrogen and oxygen atoms in total. The standard InChI is InChI=1S/C12H18N4O/c1-10-7-13-12(14-8-10)16-5-3-15(4-6-16)9-11(2)17/h7-8H,3-6,9H2,1-2H3. The van der Waals surface area contributed by atoms with Gasteiger partial charge in [0.2, 0.25) is 5.95 Å². The van der Waals surface area contributed by atoms with Gasteiger partial charge in [-0.3, -0.25) is 9.69 Å². The highest BCUT2D eigenvalue weighted by molar-refractivity contribution is 5.77. The molecular formula is C12H18N4O. The first kappa shape index (κ1) is 12.0. The molecule has 1 aromatic rings. The Balaban J connectivity index is 1.90. The Morgan fingerprint density at radius 2 is 1.82 bits per heavy atom. The second kappa shape index (κ2) is 5.23. The first-order chi connectivity index (χ1) is 8.15. The second-order valence-electron chi connectivity index (χ2n) is 4.53. The van der Waals surface area contributed by atoms with Crippen LogP contribution < -0.4 is 4.90 Å². The number of carbonyl (C=O) groups is 1. The molecule has 0 N–H and O–H groups in total. The van der Waals surface area contributed by atoms with Gasteiger partial charge in [0.15, 0.2) is 0 Å². The molecule has 0 aromatic carbocycles. The molecule has 92 valence electrons. The topological polar surface area (TPSA) is 49.3 Å². The smallest absolute Gasteiger partial charge is 0.225 e. The number of ketones is 1. The van der Waals surface area contributed by atoms with E-state index in [9.17, 15) is 4.79 Å². The van der Waals surface area contributed by atoms with Crippen molar-refractivity contribution in [1.82, 2.24) is 14.9 Å². The summed E-state index contributed by atoms with van der Waals surface area (Å²) in [5.41, 5.74) is 1.07. The lowest BCUT2D eigenvalue weighted by Crippen LogP contribution is -2.48. The van der Waals surface area contributed by atoms with E-state index in [-0.39, 0.29) is 5.78 Å². The van der Waals surface area contributed by atoms with Gasteiger partial charge in [0.25, 0.3) is 0 Å². The number of anilines is 1. The van der Waals surface area contributed by atoms with Gasteiger partial charge in [-0.15, -0.1) is 0 Å². The van der Waals surface area contributed by atoms with Crippen molar-refractivity contribution in [2.24, 2.45) is 0 Å². The van der Waals surface area contributed by atoms with E-state index in [2.05, 4.69) is 19.8 Å². The number of Topliss-reactive ketones (excluding diaryl/α,β-unsaturated/α-hetero) is 1. The molecule has 0 amide bonds. The summed E-state index contributed by atoms with van der Waals surface area (Å²) in [6.45, 7) is 7.74. The summed E-state index contributed by atoms with van der Waals surface area (Å²) in [5, 5.41) is 0. The lowest BCUT2D eigenvalue weighted by molar-refractivity contribution is -0.118. The van der Waals surface area contributed by atoms with Crippen LogP contribution in [-0.4, -0.2) is 53.4 Å². The Kier molecular flexibility index (Phi) is 3.68. The van der Waals surface area contributed by atoms with Crippen LogP contribution in [0, 0.1) is 6.92 Å². The van der Waals surface area contributed by atoms with E-state index < -0.39 is 0 Å². The third kappa shape index (κ3) is 3.23. The fourth-order valence-electron chi connectivity index (χ4n) is 1.97. The summed E-state index contributed by atoms with van der Waals surface area (Å²) >= 11 is 0. The molecule has 0 atom stereocenters. The van der Waals surface area contributed by atoms with Crippen molar-refractivity contribution < 1.29 is 4.79 Å². The first-order valence-electron chi connectivity index (χ1n) is 5.90. The molecule has 2 rings (SSSR count). The van der Waals surface area contributed by atoms with Crippen LogP contribution in [0.5, 0.6) is 0 Å². The Hall–Kier alpha value is -1.49. The van der Waals surface area contributed by atoms with Crippen molar-refractivity contribution in [2.75, 3.05) is 37.6 Å². The van der Waals surface area contributed by atoms with Crippen molar-refractivity contribution in [2.45, 2.75) is 13.8 Å². The minimum absolute atomic E-state index is 0.227. The molecule has 1 aromatic heterocycles. The zero-order valence-electron chi connectivity index (χ0n) is 10.4. The fourth-order valence-corrected chi connectivity index (χ4v) is 1.97. The van der Waals surface area contributed by atoms with Crippen molar-refractivity contribution in [3.8, 4) is 0 Å². The molecule has 0 saturated carbocycles. The van der Waals surface area contributed by atoms with Gasteiger partial charge < -0.3 is 4.90 Å². The lowest BCUT2D eigenvalue weighted by atomic mass is 10.3. The summed E-state index contributed by atoms with van der Waals surface area (Å²) < 4.78 is 0. The minimum atomic E-state index is 0.227. The molecule has 5 heteroatoms. The summed E-state index contributed by atoms with van der Waals surface area (Å²) in [4.78, 5) is 24.0. The lowest BCUT2D eigenvalue weighted by Gasteiger charge is -2.34. The van der Waals surface area contributed by atoms with E-state index in [1.165, 1.54) is 0 Å². The van der Waals surface area contributed by atoms with Crippen LogP contribution >= 0.6 is 0 Å². The number of carbonyl (C=O) groups excluding carboxylic acids is 1. The van der Waals surface area contributed by atoms with E-state index in [0.717, 1.165) is 37.7 Å². The maximum absolute atomic E-state index is 11.0. The van der Waals surface area contributed by atoms with Crippen molar-refractivity contribution in [3.05, 3.63) is 18.0 Å². The molecule has 0 unspecified atom stereocenters. The summed E-state index contributed by atoms with van der Waals surface area (Å²) in [6.07, 6.45) is 3.68. The Labute approximate surface area is 101 Å². The van der Waals surface area contributed by atoms with Gasteiger partial charge in [0.1, 0.15) is 5.78 Å². The normalized spacial score (nSPS) is 17.2. The Bertz CT molecular complexity index is 382. The van der Waals surface area contributed by atoms with Crippen LogP contribution in [-0.2, 0) is 4.79 Å². The predicted octanol–water partition coefficient (Wildman–Crippen LogP) is 0.496. The molecule has 0 spiro atoms. The van der Waals surface area contributed by atoms with E-state index in [1.807, 2.05) is 19.3 Å². The van der Waals surface area contributed by atoms with Gasteiger partial charge in [-0.05, 0) is 19.4 Å². The molecule has 1 saturated heterocycles. The largest absolute Gasteiger partial charge is 0.338 e. The van der Waals surface area contributed by atoms with Crippen LogP contribution in [0.15, 0.2) is 12.4 Å². The summed E-state index contributed by atoms with van der Waals surface area (Å²) in [6, 6.07) is 0. The SMILES string of the molecule is CC(=O)CN1CCN(c2ncc(C)cn2)CC1. The molecule has 1 fully saturated rings. The molecule has 17 heavy (non-hydrogen) atoms. The molecule has 2 heterocycles. The number of hydrogen-bond donors (Lipinski definition) is 0. The minimum Gasteiger partial charge on any atom is -0.338 e. The monoisotopic (exact) mass is 234 g/mol. The van der Waals surface area contributed by atoms with Crippen molar-refractivity contribution in [3.63, 3.8) is 0 Å². The van der Waals surface area contributed by atoms with Gasteiger partial charge in [0.05, 0.1) is 6.54 Å². The first-order valence-corrected chi connectivity index (χ1v) is 5.90. The molecule has 1 aliphatic rings. The Morgan fingerprint density at radius 1 is 1.24 bits per heavy atom. The van der Waals surface area contributed by atoms with Crippen LogP contribution in [0.25, 0.3) is 0 Å².